The zero-order valence-electron chi connectivity index (χ0n) is 15.4. The quantitative estimate of drug-likeness (QED) is 0.728. The second-order valence-corrected chi connectivity index (χ2v) is 9.26. The maximum absolute atomic E-state index is 14.3. The highest BCUT2D eigenvalue weighted by molar-refractivity contribution is 5.97. The van der Waals surface area contributed by atoms with Crippen molar-refractivity contribution < 1.29 is 14.0 Å². The Labute approximate surface area is 148 Å². The first-order chi connectivity index (χ1) is 11.6. The number of alkyl halides is 1. The Morgan fingerprint density at radius 1 is 1.16 bits per heavy atom. The van der Waals surface area contributed by atoms with E-state index in [1.165, 1.54) is 0 Å². The molecule has 25 heavy (non-hydrogen) atoms. The average molecular weight is 345 g/mol. The molecule has 4 aliphatic carbocycles. The highest BCUT2D eigenvalue weighted by Gasteiger charge is 2.64. The van der Waals surface area contributed by atoms with Crippen LogP contribution in [0.15, 0.2) is 23.4 Å². The van der Waals surface area contributed by atoms with Gasteiger partial charge in [-0.25, -0.2) is 4.39 Å². The number of nitrogens with two attached hydrogens (primary N) is 1. The van der Waals surface area contributed by atoms with Crippen molar-refractivity contribution in [3.8, 4) is 0 Å². The molecule has 4 heteroatoms. The third-order valence-electron chi connectivity index (χ3n) is 8.31. The Morgan fingerprint density at radius 3 is 2.52 bits per heavy atom. The molecular formula is C21H28FNO2. The van der Waals surface area contributed by atoms with Crippen molar-refractivity contribution >= 4 is 11.6 Å². The van der Waals surface area contributed by atoms with E-state index in [0.29, 0.717) is 24.5 Å². The molecule has 0 amide bonds. The van der Waals surface area contributed by atoms with Crippen molar-refractivity contribution in [2.24, 2.45) is 40.2 Å². The molecule has 0 unspecified atom stereocenters. The van der Waals surface area contributed by atoms with Crippen LogP contribution in [0.1, 0.15) is 52.9 Å². The summed E-state index contributed by atoms with van der Waals surface area (Å²) in [5, 5.41) is 0. The Bertz CT molecular complexity index is 725. The van der Waals surface area contributed by atoms with Crippen molar-refractivity contribution in [3.05, 3.63) is 23.4 Å². The van der Waals surface area contributed by atoms with Crippen LogP contribution in [0.4, 0.5) is 4.39 Å². The first-order valence-electron chi connectivity index (χ1n) is 9.54. The third-order valence-corrected chi connectivity index (χ3v) is 8.31. The van der Waals surface area contributed by atoms with Crippen LogP contribution in [0.2, 0.25) is 0 Å². The van der Waals surface area contributed by atoms with Crippen LogP contribution in [0, 0.1) is 34.5 Å². The van der Waals surface area contributed by atoms with Gasteiger partial charge in [0, 0.05) is 11.8 Å². The summed E-state index contributed by atoms with van der Waals surface area (Å²) in [6.07, 6.45) is 1.92. The summed E-state index contributed by atoms with van der Waals surface area (Å²) in [6.45, 7) is 10.6. The van der Waals surface area contributed by atoms with E-state index in [-0.39, 0.29) is 34.7 Å². The minimum absolute atomic E-state index is 0.0276. The molecule has 7 atom stereocenters. The summed E-state index contributed by atoms with van der Waals surface area (Å²) >= 11 is 0. The fraction of sp³-hybridized carbons (Fsp3) is 0.714. The van der Waals surface area contributed by atoms with Crippen LogP contribution < -0.4 is 5.73 Å². The number of ketones is 2. The highest BCUT2D eigenvalue weighted by Crippen LogP contribution is 2.67. The van der Waals surface area contributed by atoms with Crippen LogP contribution in [0.3, 0.4) is 0 Å². The van der Waals surface area contributed by atoms with Gasteiger partial charge in [0.05, 0.1) is 5.70 Å². The minimum atomic E-state index is -1.32. The molecule has 0 heterocycles. The lowest BCUT2D eigenvalue weighted by molar-refractivity contribution is -0.136. The number of Topliss-reactive ketones (excluding diaryl/α,β-unsaturated/α-hetero) is 2. The normalized spacial score (nSPS) is 49.8. The number of carbonyl (C=O) groups is 2. The van der Waals surface area contributed by atoms with Crippen molar-refractivity contribution in [3.63, 3.8) is 0 Å². The lowest BCUT2D eigenvalue weighted by Gasteiger charge is -2.59. The molecule has 0 aliphatic heterocycles. The van der Waals surface area contributed by atoms with Gasteiger partial charge in [-0.05, 0) is 65.9 Å². The lowest BCUT2D eigenvalue weighted by Crippen LogP contribution is -2.54. The van der Waals surface area contributed by atoms with Crippen LogP contribution in [-0.4, -0.2) is 17.7 Å². The van der Waals surface area contributed by atoms with Crippen LogP contribution in [0.5, 0.6) is 0 Å². The Hall–Kier alpha value is -1.45. The van der Waals surface area contributed by atoms with Gasteiger partial charge in [-0.15, -0.1) is 0 Å². The van der Waals surface area contributed by atoms with Gasteiger partial charge in [0.15, 0.2) is 17.7 Å². The molecule has 0 saturated heterocycles. The highest BCUT2D eigenvalue weighted by atomic mass is 19.1. The van der Waals surface area contributed by atoms with E-state index in [1.807, 2.05) is 6.92 Å². The van der Waals surface area contributed by atoms with Crippen molar-refractivity contribution in [2.75, 3.05) is 0 Å². The van der Waals surface area contributed by atoms with E-state index in [4.69, 9.17) is 5.73 Å². The number of hydrogen-bond acceptors (Lipinski definition) is 3. The molecule has 3 nitrogen and oxygen atoms in total. The number of fused-ring (bicyclic) bond motifs is 5. The summed E-state index contributed by atoms with van der Waals surface area (Å²) in [5.74, 6) is 0.605. The maximum Gasteiger partial charge on any atom is 0.178 e. The fourth-order valence-electron chi connectivity index (χ4n) is 6.84. The van der Waals surface area contributed by atoms with Gasteiger partial charge in [0.25, 0.3) is 0 Å². The monoisotopic (exact) mass is 345 g/mol. The SMILES string of the molecule is C=C1C2=C(N)C(=O)CC[C@]2(C)[C@H]2CC[C@]3(C)C(=O)[C@@H](F)C[C@H]3[C@@H]2[C@@H]1C. The zero-order chi connectivity index (χ0) is 18.3. The summed E-state index contributed by atoms with van der Waals surface area (Å²) in [5.41, 5.74) is 7.80. The van der Waals surface area contributed by atoms with E-state index in [9.17, 15) is 14.0 Å². The number of carbonyl (C=O) groups excluding carboxylic acids is 2. The molecule has 2 N–H and O–H groups in total. The second-order valence-electron chi connectivity index (χ2n) is 9.26. The van der Waals surface area contributed by atoms with Gasteiger partial charge in [0.1, 0.15) is 0 Å². The molecule has 4 aliphatic rings. The lowest BCUT2D eigenvalue weighted by atomic mass is 9.44. The van der Waals surface area contributed by atoms with E-state index < -0.39 is 11.6 Å². The van der Waals surface area contributed by atoms with Gasteiger partial charge >= 0.3 is 0 Å². The van der Waals surface area contributed by atoms with Crippen molar-refractivity contribution in [2.45, 2.75) is 59.0 Å². The summed E-state index contributed by atoms with van der Waals surface area (Å²) in [6, 6.07) is 0. The predicted molar refractivity (Wildman–Crippen MR) is 94.2 cm³/mol. The van der Waals surface area contributed by atoms with E-state index >= 15 is 0 Å². The molecule has 0 aromatic heterocycles. The van der Waals surface area contributed by atoms with Crippen LogP contribution in [-0.2, 0) is 9.59 Å². The van der Waals surface area contributed by atoms with E-state index in [1.54, 1.807) is 0 Å². The minimum Gasteiger partial charge on any atom is -0.396 e. The second kappa shape index (κ2) is 5.05. The van der Waals surface area contributed by atoms with Gasteiger partial charge in [0.2, 0.25) is 0 Å². The van der Waals surface area contributed by atoms with Gasteiger partial charge in [-0.3, -0.25) is 9.59 Å². The molecular weight excluding hydrogens is 317 g/mol. The number of hydrogen-bond donors (Lipinski definition) is 1. The Morgan fingerprint density at radius 2 is 1.84 bits per heavy atom. The molecule has 0 aromatic rings. The largest absolute Gasteiger partial charge is 0.396 e. The van der Waals surface area contributed by atoms with Gasteiger partial charge in [-0.2, -0.15) is 0 Å². The standard InChI is InChI=1S/C21H28FNO2/c1-10-11(2)17-18(23)15(24)6-8-20(17,3)12-5-7-21(4)13(16(10)12)9-14(22)19(21)25/h10,12-14,16H,2,5-9,23H2,1,3-4H3/t10-,12+,13+,14+,16-,20-,21+/m1/s1. The van der Waals surface area contributed by atoms with Gasteiger partial charge < -0.3 is 5.73 Å². The molecule has 0 bridgehead atoms. The molecule has 4 rings (SSSR count). The fourth-order valence-corrected chi connectivity index (χ4v) is 6.84. The predicted octanol–water partition coefficient (Wildman–Crippen LogP) is 3.73. The first kappa shape index (κ1) is 17.0. The first-order valence-corrected chi connectivity index (χ1v) is 9.54. The molecule has 136 valence electrons. The van der Waals surface area contributed by atoms with Crippen LogP contribution >= 0.6 is 0 Å². The maximum atomic E-state index is 14.3. The number of rotatable bonds is 0. The molecule has 0 aromatic carbocycles. The number of allylic oxidation sites excluding steroid dienone is 2. The Kier molecular flexibility index (Phi) is 3.43. The van der Waals surface area contributed by atoms with E-state index in [0.717, 1.165) is 30.4 Å². The van der Waals surface area contributed by atoms with Crippen molar-refractivity contribution in [1.82, 2.24) is 0 Å². The molecule has 3 saturated carbocycles. The van der Waals surface area contributed by atoms with Crippen molar-refractivity contribution in [1.29, 1.82) is 0 Å². The third kappa shape index (κ3) is 1.91. The average Bonchev–Trinajstić information content (AvgIpc) is 2.80. The Balaban J connectivity index is 1.84. The smallest absolute Gasteiger partial charge is 0.178 e. The summed E-state index contributed by atoms with van der Waals surface area (Å²) in [4.78, 5) is 24.7. The zero-order valence-corrected chi connectivity index (χ0v) is 15.4. The topological polar surface area (TPSA) is 60.2 Å². The summed E-state index contributed by atoms with van der Waals surface area (Å²) in [7, 11) is 0. The van der Waals surface area contributed by atoms with E-state index in [2.05, 4.69) is 20.4 Å². The number of halogens is 1. The molecule has 3 fully saturated rings. The molecule has 0 radical (unpaired) electrons. The molecule has 0 spiro atoms. The van der Waals surface area contributed by atoms with Crippen LogP contribution in [0.25, 0.3) is 0 Å². The summed E-state index contributed by atoms with van der Waals surface area (Å²) < 4.78 is 14.3. The van der Waals surface area contributed by atoms with Gasteiger partial charge in [-0.1, -0.05) is 27.4 Å².